The average Bonchev–Trinajstić information content (AvgIpc) is 2.54. The zero-order valence-electron chi connectivity index (χ0n) is 12.2. The number of ether oxygens (including phenoxy) is 1. The van der Waals surface area contributed by atoms with Gasteiger partial charge in [0.05, 0.1) is 14.5 Å². The third-order valence-electron chi connectivity index (χ3n) is 3.03. The summed E-state index contributed by atoms with van der Waals surface area (Å²) >= 11 is 15.2. The molecule has 0 bridgehead atoms. The third-order valence-corrected chi connectivity index (χ3v) is 4.39. The molecule has 4 nitrogen and oxygen atoms in total. The first-order chi connectivity index (χ1) is 11.4. The fourth-order valence-electron chi connectivity index (χ4n) is 1.84. The van der Waals surface area contributed by atoms with E-state index in [1.807, 2.05) is 6.07 Å². The van der Waals surface area contributed by atoms with E-state index in [-0.39, 0.29) is 5.57 Å². The van der Waals surface area contributed by atoms with Gasteiger partial charge in [0.25, 0.3) is 5.91 Å². The van der Waals surface area contributed by atoms with E-state index in [2.05, 4.69) is 15.9 Å². The maximum absolute atomic E-state index is 11.1. The molecule has 2 rings (SSSR count). The van der Waals surface area contributed by atoms with Crippen molar-refractivity contribution in [3.8, 4) is 11.8 Å². The van der Waals surface area contributed by atoms with Crippen LogP contribution in [0.3, 0.4) is 0 Å². The van der Waals surface area contributed by atoms with Crippen LogP contribution < -0.4 is 10.5 Å². The lowest BCUT2D eigenvalue weighted by Gasteiger charge is -2.09. The number of amides is 1. The van der Waals surface area contributed by atoms with Crippen LogP contribution in [0.25, 0.3) is 6.08 Å². The SMILES string of the molecule is N#C/C(=C\c1ccc(OCc2ccc(Cl)c(Cl)c2)c(Br)c1)C(N)=O. The van der Waals surface area contributed by atoms with Crippen LogP contribution in [0.15, 0.2) is 46.4 Å². The summed E-state index contributed by atoms with van der Waals surface area (Å²) in [5, 5.41) is 9.81. The highest BCUT2D eigenvalue weighted by molar-refractivity contribution is 9.10. The molecule has 1 amide bonds. The van der Waals surface area contributed by atoms with Crippen LogP contribution >= 0.6 is 39.1 Å². The van der Waals surface area contributed by atoms with Crippen molar-refractivity contribution < 1.29 is 9.53 Å². The fourth-order valence-corrected chi connectivity index (χ4v) is 2.67. The predicted molar refractivity (Wildman–Crippen MR) is 97.7 cm³/mol. The second-order valence-electron chi connectivity index (χ2n) is 4.76. The summed E-state index contributed by atoms with van der Waals surface area (Å²) in [6.45, 7) is 0.315. The average molecular weight is 426 g/mol. The lowest BCUT2D eigenvalue weighted by Crippen LogP contribution is -2.12. The predicted octanol–water partition coefficient (Wildman–Crippen LogP) is 4.73. The number of nitrogens with two attached hydrogens (primary N) is 1. The Morgan fingerprint density at radius 3 is 2.58 bits per heavy atom. The van der Waals surface area contributed by atoms with Gasteiger partial charge >= 0.3 is 0 Å². The normalized spacial score (nSPS) is 11.0. The van der Waals surface area contributed by atoms with Gasteiger partial charge in [-0.05, 0) is 57.4 Å². The second kappa shape index (κ2) is 8.20. The lowest BCUT2D eigenvalue weighted by atomic mass is 10.1. The Labute approximate surface area is 157 Å². The van der Waals surface area contributed by atoms with E-state index in [0.29, 0.717) is 32.4 Å². The van der Waals surface area contributed by atoms with Crippen molar-refractivity contribution in [2.45, 2.75) is 6.61 Å². The molecule has 0 aromatic heterocycles. The van der Waals surface area contributed by atoms with Gasteiger partial charge in [0.2, 0.25) is 0 Å². The van der Waals surface area contributed by atoms with Gasteiger partial charge < -0.3 is 10.5 Å². The molecule has 2 N–H and O–H groups in total. The van der Waals surface area contributed by atoms with Crippen LogP contribution in [-0.2, 0) is 11.4 Å². The van der Waals surface area contributed by atoms with Crippen molar-refractivity contribution in [3.63, 3.8) is 0 Å². The van der Waals surface area contributed by atoms with E-state index in [1.54, 1.807) is 36.4 Å². The molecule has 0 heterocycles. The summed E-state index contributed by atoms with van der Waals surface area (Å²) in [6.07, 6.45) is 1.41. The van der Waals surface area contributed by atoms with E-state index in [9.17, 15) is 4.79 Å². The minimum absolute atomic E-state index is 0.119. The summed E-state index contributed by atoms with van der Waals surface area (Å²) in [7, 11) is 0. The summed E-state index contributed by atoms with van der Waals surface area (Å²) < 4.78 is 6.40. The number of benzene rings is 2. The van der Waals surface area contributed by atoms with Crippen molar-refractivity contribution >= 4 is 51.1 Å². The van der Waals surface area contributed by atoms with Crippen molar-refractivity contribution in [1.29, 1.82) is 5.26 Å². The van der Waals surface area contributed by atoms with Crippen LogP contribution in [0.5, 0.6) is 5.75 Å². The van der Waals surface area contributed by atoms with Gasteiger partial charge in [-0.3, -0.25) is 4.79 Å². The largest absolute Gasteiger partial charge is 0.488 e. The third kappa shape index (κ3) is 4.75. The van der Waals surface area contributed by atoms with Crippen LogP contribution in [0, 0.1) is 11.3 Å². The van der Waals surface area contributed by atoms with Gasteiger partial charge in [0.15, 0.2) is 0 Å². The highest BCUT2D eigenvalue weighted by Crippen LogP contribution is 2.28. The fraction of sp³-hybridized carbons (Fsp3) is 0.0588. The highest BCUT2D eigenvalue weighted by Gasteiger charge is 2.07. The van der Waals surface area contributed by atoms with Gasteiger partial charge in [-0.15, -0.1) is 0 Å². The summed E-state index contributed by atoms with van der Waals surface area (Å²) in [4.78, 5) is 11.1. The zero-order chi connectivity index (χ0) is 17.7. The van der Waals surface area contributed by atoms with Gasteiger partial charge in [0, 0.05) is 0 Å². The number of primary amides is 1. The number of nitrogens with zero attached hydrogens (tertiary/aromatic N) is 1. The molecule has 122 valence electrons. The van der Waals surface area contributed by atoms with Gasteiger partial charge in [-0.2, -0.15) is 5.26 Å². The van der Waals surface area contributed by atoms with Crippen molar-refractivity contribution in [2.24, 2.45) is 5.73 Å². The Morgan fingerprint density at radius 2 is 2.00 bits per heavy atom. The smallest absolute Gasteiger partial charge is 0.259 e. The molecule has 7 heteroatoms. The van der Waals surface area contributed by atoms with Crippen molar-refractivity contribution in [2.75, 3.05) is 0 Å². The summed E-state index contributed by atoms with van der Waals surface area (Å²) in [5.41, 5.74) is 6.52. The monoisotopic (exact) mass is 424 g/mol. The minimum Gasteiger partial charge on any atom is -0.488 e. The van der Waals surface area contributed by atoms with E-state index in [0.717, 1.165) is 5.56 Å². The van der Waals surface area contributed by atoms with Crippen molar-refractivity contribution in [3.05, 3.63) is 67.6 Å². The number of hydrogen-bond acceptors (Lipinski definition) is 3. The number of carbonyl (C=O) groups excluding carboxylic acids is 1. The minimum atomic E-state index is -0.770. The molecule has 2 aromatic rings. The first-order valence-electron chi connectivity index (χ1n) is 6.68. The van der Waals surface area contributed by atoms with Crippen LogP contribution in [0.2, 0.25) is 10.0 Å². The van der Waals surface area contributed by atoms with E-state index in [4.69, 9.17) is 38.9 Å². The molecule has 0 saturated heterocycles. The van der Waals surface area contributed by atoms with Gasteiger partial charge in [-0.25, -0.2) is 0 Å². The molecule has 0 fully saturated rings. The van der Waals surface area contributed by atoms with Crippen LogP contribution in [0.4, 0.5) is 0 Å². The molecule has 0 unspecified atom stereocenters. The number of halogens is 3. The Morgan fingerprint density at radius 1 is 1.25 bits per heavy atom. The second-order valence-corrected chi connectivity index (χ2v) is 6.43. The molecule has 0 saturated carbocycles. The van der Waals surface area contributed by atoms with Crippen LogP contribution in [0.1, 0.15) is 11.1 Å². The first kappa shape index (κ1) is 18.3. The molecule has 0 aliphatic heterocycles. The maximum atomic E-state index is 11.1. The van der Waals surface area contributed by atoms with Gasteiger partial charge in [-0.1, -0.05) is 35.3 Å². The highest BCUT2D eigenvalue weighted by atomic mass is 79.9. The first-order valence-corrected chi connectivity index (χ1v) is 8.23. The van der Waals surface area contributed by atoms with E-state index in [1.165, 1.54) is 6.08 Å². The Kier molecular flexibility index (Phi) is 6.27. The standard InChI is InChI=1S/C17H11BrCl2N2O2/c18-13-6-10(5-12(8-21)17(22)23)2-4-16(13)24-9-11-1-3-14(19)15(20)7-11/h1-7H,9H2,(H2,22,23)/b12-5+. The Balaban J connectivity index is 2.14. The Bertz CT molecular complexity index is 860. The number of hydrogen-bond donors (Lipinski definition) is 1. The molecule has 24 heavy (non-hydrogen) atoms. The van der Waals surface area contributed by atoms with Gasteiger partial charge in [0.1, 0.15) is 24.0 Å². The zero-order valence-corrected chi connectivity index (χ0v) is 15.3. The molecule has 0 aliphatic rings. The molecule has 0 spiro atoms. The molecule has 0 atom stereocenters. The van der Waals surface area contributed by atoms with Crippen molar-refractivity contribution in [1.82, 2.24) is 0 Å². The number of rotatable bonds is 5. The number of carbonyl (C=O) groups is 1. The summed E-state index contributed by atoms with van der Waals surface area (Å²) in [5.74, 6) is -0.163. The number of nitriles is 1. The molecule has 0 radical (unpaired) electrons. The lowest BCUT2D eigenvalue weighted by molar-refractivity contribution is -0.114. The Hall–Kier alpha value is -2.00. The molecular formula is C17H11BrCl2N2O2. The quantitative estimate of drug-likeness (QED) is 0.555. The topological polar surface area (TPSA) is 76.1 Å². The molecule has 0 aliphatic carbocycles. The van der Waals surface area contributed by atoms with Crippen LogP contribution in [-0.4, -0.2) is 5.91 Å². The molecular weight excluding hydrogens is 415 g/mol. The summed E-state index contributed by atoms with van der Waals surface area (Å²) in [6, 6.07) is 12.2. The molecule has 2 aromatic carbocycles. The van der Waals surface area contributed by atoms with E-state index < -0.39 is 5.91 Å². The maximum Gasteiger partial charge on any atom is 0.259 e. The van der Waals surface area contributed by atoms with E-state index >= 15 is 0 Å².